The van der Waals surface area contributed by atoms with Crippen molar-refractivity contribution in [1.82, 2.24) is 4.90 Å². The Bertz CT molecular complexity index is 391. The highest BCUT2D eigenvalue weighted by Gasteiger charge is 2.21. The lowest BCUT2D eigenvalue weighted by Crippen LogP contribution is -2.42. The number of aliphatic carboxylic acids is 1. The van der Waals surface area contributed by atoms with Crippen LogP contribution in [0.3, 0.4) is 0 Å². The van der Waals surface area contributed by atoms with Crippen LogP contribution >= 0.6 is 0 Å². The second kappa shape index (κ2) is 5.89. The molecule has 1 rings (SSSR count). The maximum Gasteiger partial charge on any atom is 0.326 e. The number of rotatable bonds is 5. The molecule has 0 aliphatic rings. The van der Waals surface area contributed by atoms with Gasteiger partial charge in [-0.05, 0) is 19.1 Å². The zero-order valence-electron chi connectivity index (χ0n) is 9.79. The Morgan fingerprint density at radius 3 is 2.47 bits per heavy atom. The van der Waals surface area contributed by atoms with Crippen molar-refractivity contribution < 1.29 is 19.4 Å². The summed E-state index contributed by atoms with van der Waals surface area (Å²) in [6.45, 7) is 1.28. The normalized spacial score (nSPS) is 11.6. The summed E-state index contributed by atoms with van der Waals surface area (Å²) in [5, 5.41) is 8.75. The van der Waals surface area contributed by atoms with Gasteiger partial charge in [-0.1, -0.05) is 18.2 Å². The zero-order valence-corrected chi connectivity index (χ0v) is 9.79. The van der Waals surface area contributed by atoms with Gasteiger partial charge in [0.15, 0.2) is 6.61 Å². The van der Waals surface area contributed by atoms with E-state index in [4.69, 9.17) is 9.84 Å². The summed E-state index contributed by atoms with van der Waals surface area (Å²) in [5.41, 5.74) is 0. The van der Waals surface area contributed by atoms with Crippen LogP contribution in [0.5, 0.6) is 5.75 Å². The van der Waals surface area contributed by atoms with Gasteiger partial charge in [0.25, 0.3) is 5.91 Å². The van der Waals surface area contributed by atoms with Gasteiger partial charge >= 0.3 is 5.97 Å². The summed E-state index contributed by atoms with van der Waals surface area (Å²) < 4.78 is 5.23. The molecule has 0 fully saturated rings. The lowest BCUT2D eigenvalue weighted by Gasteiger charge is -2.21. The number of carbonyl (C=O) groups is 2. The SMILES string of the molecule is CC(C(=O)O)N(C)C(=O)COc1ccccc1. The van der Waals surface area contributed by atoms with Gasteiger partial charge in [-0.3, -0.25) is 4.79 Å². The minimum absolute atomic E-state index is 0.169. The first kappa shape index (κ1) is 13.0. The Balaban J connectivity index is 2.47. The molecule has 0 saturated heterocycles. The Morgan fingerprint density at radius 2 is 1.94 bits per heavy atom. The van der Waals surface area contributed by atoms with Crippen molar-refractivity contribution in [3.8, 4) is 5.75 Å². The Kier molecular flexibility index (Phi) is 4.51. The molecule has 1 aromatic carbocycles. The molecule has 0 aromatic heterocycles. The fraction of sp³-hybridized carbons (Fsp3) is 0.333. The topological polar surface area (TPSA) is 66.8 Å². The van der Waals surface area contributed by atoms with E-state index in [1.165, 1.54) is 14.0 Å². The van der Waals surface area contributed by atoms with Crippen molar-refractivity contribution in [3.05, 3.63) is 30.3 Å². The lowest BCUT2D eigenvalue weighted by atomic mass is 10.3. The third-order valence-corrected chi connectivity index (χ3v) is 2.44. The first-order valence-corrected chi connectivity index (χ1v) is 5.18. The standard InChI is InChI=1S/C12H15NO4/c1-9(12(15)16)13(2)11(14)8-17-10-6-4-3-5-7-10/h3-7,9H,8H2,1-2H3,(H,15,16). The lowest BCUT2D eigenvalue weighted by molar-refractivity contribution is -0.148. The van der Waals surface area contributed by atoms with Gasteiger partial charge in [0.2, 0.25) is 0 Å². The van der Waals surface area contributed by atoms with Crippen LogP contribution in [-0.2, 0) is 9.59 Å². The number of carbonyl (C=O) groups excluding carboxylic acids is 1. The first-order chi connectivity index (χ1) is 8.02. The number of likely N-dealkylation sites (N-methyl/N-ethyl adjacent to an activating group) is 1. The number of para-hydroxylation sites is 1. The predicted octanol–water partition coefficient (Wildman–Crippen LogP) is 0.997. The molecule has 0 heterocycles. The first-order valence-electron chi connectivity index (χ1n) is 5.18. The van der Waals surface area contributed by atoms with Gasteiger partial charge in [0, 0.05) is 7.05 Å². The molecule has 0 aliphatic carbocycles. The van der Waals surface area contributed by atoms with Crippen LogP contribution in [0.4, 0.5) is 0 Å². The second-order valence-electron chi connectivity index (χ2n) is 3.62. The summed E-state index contributed by atoms with van der Waals surface area (Å²) in [6.07, 6.45) is 0. The number of nitrogens with zero attached hydrogens (tertiary/aromatic N) is 1. The van der Waals surface area contributed by atoms with E-state index in [-0.39, 0.29) is 12.5 Å². The van der Waals surface area contributed by atoms with E-state index in [9.17, 15) is 9.59 Å². The van der Waals surface area contributed by atoms with E-state index < -0.39 is 12.0 Å². The quantitative estimate of drug-likeness (QED) is 0.829. The van der Waals surface area contributed by atoms with Gasteiger partial charge in [0.05, 0.1) is 0 Å². The molecule has 1 N–H and O–H groups in total. The molecule has 0 radical (unpaired) electrons. The van der Waals surface area contributed by atoms with Gasteiger partial charge in [0.1, 0.15) is 11.8 Å². The molecule has 0 spiro atoms. The van der Waals surface area contributed by atoms with Crippen LogP contribution in [0.25, 0.3) is 0 Å². The summed E-state index contributed by atoms with van der Waals surface area (Å²) in [4.78, 5) is 23.4. The van der Waals surface area contributed by atoms with Crippen LogP contribution in [0, 0.1) is 0 Å². The van der Waals surface area contributed by atoms with Crippen molar-refractivity contribution in [2.75, 3.05) is 13.7 Å². The number of benzene rings is 1. The highest BCUT2D eigenvalue weighted by Crippen LogP contribution is 2.08. The van der Waals surface area contributed by atoms with Crippen LogP contribution in [0.15, 0.2) is 30.3 Å². The summed E-state index contributed by atoms with van der Waals surface area (Å²) in [5.74, 6) is -0.832. The molecule has 0 bridgehead atoms. The summed E-state index contributed by atoms with van der Waals surface area (Å²) in [7, 11) is 1.44. The second-order valence-corrected chi connectivity index (χ2v) is 3.62. The van der Waals surface area contributed by atoms with E-state index in [0.29, 0.717) is 5.75 Å². The number of amides is 1. The number of carboxylic acid groups (broad SMARTS) is 1. The minimum atomic E-state index is -1.04. The van der Waals surface area contributed by atoms with Crippen molar-refractivity contribution in [2.45, 2.75) is 13.0 Å². The van der Waals surface area contributed by atoms with Crippen molar-refractivity contribution >= 4 is 11.9 Å². The average molecular weight is 237 g/mol. The fourth-order valence-corrected chi connectivity index (χ4v) is 1.15. The smallest absolute Gasteiger partial charge is 0.326 e. The summed E-state index contributed by atoms with van der Waals surface area (Å²) in [6, 6.07) is 8.03. The molecule has 1 aromatic rings. The number of ether oxygens (including phenoxy) is 1. The highest BCUT2D eigenvalue weighted by molar-refractivity contribution is 5.84. The van der Waals surface area contributed by atoms with Crippen molar-refractivity contribution in [3.63, 3.8) is 0 Å². The third-order valence-electron chi connectivity index (χ3n) is 2.44. The van der Waals surface area contributed by atoms with Crippen molar-refractivity contribution in [2.24, 2.45) is 0 Å². The van der Waals surface area contributed by atoms with Gasteiger partial charge in [-0.2, -0.15) is 0 Å². The molecule has 0 aliphatic heterocycles. The fourth-order valence-electron chi connectivity index (χ4n) is 1.15. The van der Waals surface area contributed by atoms with Crippen LogP contribution in [-0.4, -0.2) is 41.6 Å². The molecule has 5 heteroatoms. The number of hydrogen-bond donors (Lipinski definition) is 1. The molecule has 92 valence electrons. The maximum absolute atomic E-state index is 11.6. The molecular formula is C12H15NO4. The average Bonchev–Trinajstić information content (AvgIpc) is 2.35. The van der Waals surface area contributed by atoms with E-state index in [1.54, 1.807) is 24.3 Å². The largest absolute Gasteiger partial charge is 0.484 e. The molecule has 17 heavy (non-hydrogen) atoms. The van der Waals surface area contributed by atoms with Crippen LogP contribution in [0.1, 0.15) is 6.92 Å². The van der Waals surface area contributed by atoms with E-state index >= 15 is 0 Å². The molecule has 0 saturated carbocycles. The minimum Gasteiger partial charge on any atom is -0.484 e. The Hall–Kier alpha value is -2.04. The van der Waals surface area contributed by atoms with Gasteiger partial charge in [-0.15, -0.1) is 0 Å². The van der Waals surface area contributed by atoms with Crippen molar-refractivity contribution in [1.29, 1.82) is 0 Å². The third kappa shape index (κ3) is 3.79. The maximum atomic E-state index is 11.6. The number of carboxylic acids is 1. The number of hydrogen-bond acceptors (Lipinski definition) is 3. The van der Waals surface area contributed by atoms with E-state index in [1.807, 2.05) is 6.07 Å². The molecular weight excluding hydrogens is 222 g/mol. The van der Waals surface area contributed by atoms with E-state index in [2.05, 4.69) is 0 Å². The van der Waals surface area contributed by atoms with Gasteiger partial charge in [-0.25, -0.2) is 4.79 Å². The Labute approximate surface area is 99.6 Å². The van der Waals surface area contributed by atoms with Crippen LogP contribution in [0.2, 0.25) is 0 Å². The summed E-state index contributed by atoms with van der Waals surface area (Å²) >= 11 is 0. The highest BCUT2D eigenvalue weighted by atomic mass is 16.5. The monoisotopic (exact) mass is 237 g/mol. The Morgan fingerprint density at radius 1 is 1.35 bits per heavy atom. The molecule has 1 unspecified atom stereocenters. The molecule has 5 nitrogen and oxygen atoms in total. The zero-order chi connectivity index (χ0) is 12.8. The van der Waals surface area contributed by atoms with Crippen LogP contribution < -0.4 is 4.74 Å². The molecule has 1 amide bonds. The van der Waals surface area contributed by atoms with E-state index in [0.717, 1.165) is 4.90 Å². The molecule has 1 atom stereocenters. The predicted molar refractivity (Wildman–Crippen MR) is 61.8 cm³/mol. The van der Waals surface area contributed by atoms with Gasteiger partial charge < -0.3 is 14.7 Å².